The van der Waals surface area contributed by atoms with Crippen LogP contribution in [0.25, 0.3) is 0 Å². The fourth-order valence-corrected chi connectivity index (χ4v) is 2.99. The van der Waals surface area contributed by atoms with E-state index in [1.54, 1.807) is 29.3 Å². The van der Waals surface area contributed by atoms with Crippen LogP contribution in [0.5, 0.6) is 0 Å². The molecule has 3 aromatic heterocycles. The molecule has 0 aliphatic heterocycles. The molecule has 4 aromatic rings. The summed E-state index contributed by atoms with van der Waals surface area (Å²) in [5, 5.41) is 9.74. The van der Waals surface area contributed by atoms with E-state index in [0.29, 0.717) is 12.2 Å². The average Bonchev–Trinajstić information content (AvgIpc) is 3.21. The molecule has 4 rings (SSSR count). The Bertz CT molecular complexity index is 1220. The molecule has 0 spiro atoms. The average molecular weight is 438 g/mol. The van der Waals surface area contributed by atoms with E-state index in [4.69, 9.17) is 0 Å². The van der Waals surface area contributed by atoms with Crippen LogP contribution in [0.2, 0.25) is 0 Å². The quantitative estimate of drug-likeness (QED) is 0.454. The second kappa shape index (κ2) is 8.88. The number of amides is 1. The van der Waals surface area contributed by atoms with Crippen LogP contribution < -0.4 is 10.6 Å². The van der Waals surface area contributed by atoms with Gasteiger partial charge in [0.15, 0.2) is 0 Å². The van der Waals surface area contributed by atoms with Gasteiger partial charge in [-0.05, 0) is 42.0 Å². The Balaban J connectivity index is 1.49. The minimum atomic E-state index is -4.47. The van der Waals surface area contributed by atoms with Crippen LogP contribution >= 0.6 is 0 Å². The maximum absolute atomic E-state index is 13.0. The van der Waals surface area contributed by atoms with Crippen molar-refractivity contribution in [3.63, 3.8) is 0 Å². The monoisotopic (exact) mass is 438 g/mol. The molecule has 0 unspecified atom stereocenters. The van der Waals surface area contributed by atoms with Crippen molar-refractivity contribution in [2.45, 2.75) is 12.7 Å². The number of nitrogens with one attached hydrogen (secondary N) is 2. The van der Waals surface area contributed by atoms with Crippen molar-refractivity contribution >= 4 is 23.1 Å². The Morgan fingerprint density at radius 3 is 2.62 bits per heavy atom. The Morgan fingerprint density at radius 2 is 1.84 bits per heavy atom. The van der Waals surface area contributed by atoms with Crippen LogP contribution in [0.3, 0.4) is 0 Å². The Labute approximate surface area is 181 Å². The summed E-state index contributed by atoms with van der Waals surface area (Å²) in [5.74, 6) is -0.347. The number of hydrogen-bond donors (Lipinski definition) is 2. The summed E-state index contributed by atoms with van der Waals surface area (Å²) in [6.45, 7) is 0.485. The minimum absolute atomic E-state index is 0.132. The molecule has 0 fully saturated rings. The molecule has 2 N–H and O–H groups in total. The molecular formula is C22H17F3N6O. The van der Waals surface area contributed by atoms with Gasteiger partial charge in [-0.15, -0.1) is 0 Å². The van der Waals surface area contributed by atoms with Gasteiger partial charge in [0.05, 0.1) is 29.6 Å². The number of anilines is 3. The highest BCUT2D eigenvalue weighted by Gasteiger charge is 2.30. The van der Waals surface area contributed by atoms with Gasteiger partial charge in [0.25, 0.3) is 5.91 Å². The molecule has 7 nitrogen and oxygen atoms in total. The zero-order valence-electron chi connectivity index (χ0n) is 16.5. The molecule has 1 aromatic carbocycles. The van der Waals surface area contributed by atoms with Gasteiger partial charge in [-0.1, -0.05) is 12.1 Å². The third kappa shape index (κ3) is 5.09. The van der Waals surface area contributed by atoms with E-state index in [-0.39, 0.29) is 17.1 Å². The molecule has 162 valence electrons. The zero-order chi connectivity index (χ0) is 22.6. The van der Waals surface area contributed by atoms with Crippen molar-refractivity contribution in [3.8, 4) is 0 Å². The number of rotatable bonds is 6. The Kier molecular flexibility index (Phi) is 5.84. The highest BCUT2D eigenvalue weighted by molar-refractivity contribution is 6.07. The van der Waals surface area contributed by atoms with Crippen LogP contribution in [0.4, 0.5) is 30.4 Å². The standard InChI is InChI=1S/C22H17F3N6O/c23-22(24,25)16-5-1-6-17(10-16)29-20-19(7-3-9-27-20)21(32)30-18-12-28-31(14-18)13-15-4-2-8-26-11-15/h1-12,14H,13H2,(H,27,29)(H,30,32). The Morgan fingerprint density at radius 1 is 1.00 bits per heavy atom. The van der Waals surface area contributed by atoms with Crippen molar-refractivity contribution in [1.82, 2.24) is 19.7 Å². The predicted octanol–water partition coefficient (Wildman–Crippen LogP) is 4.74. The van der Waals surface area contributed by atoms with E-state index in [2.05, 4.69) is 25.7 Å². The van der Waals surface area contributed by atoms with Crippen LogP contribution in [0.15, 0.2) is 79.5 Å². The lowest BCUT2D eigenvalue weighted by Gasteiger charge is -2.12. The van der Waals surface area contributed by atoms with Crippen molar-refractivity contribution in [2.24, 2.45) is 0 Å². The molecule has 0 aliphatic carbocycles. The van der Waals surface area contributed by atoms with E-state index in [9.17, 15) is 18.0 Å². The number of hydrogen-bond acceptors (Lipinski definition) is 5. The number of carbonyl (C=O) groups excluding carboxylic acids is 1. The summed E-state index contributed by atoms with van der Waals surface area (Å²) >= 11 is 0. The van der Waals surface area contributed by atoms with E-state index < -0.39 is 17.6 Å². The first-order chi connectivity index (χ1) is 15.4. The smallest absolute Gasteiger partial charge is 0.340 e. The molecule has 0 saturated carbocycles. The maximum Gasteiger partial charge on any atom is 0.416 e. The number of halogens is 3. The SMILES string of the molecule is O=C(Nc1cnn(Cc2cccnc2)c1)c1cccnc1Nc1cccc(C(F)(F)F)c1. The molecule has 32 heavy (non-hydrogen) atoms. The molecule has 3 heterocycles. The van der Waals surface area contributed by atoms with Gasteiger partial charge < -0.3 is 10.6 Å². The summed E-state index contributed by atoms with van der Waals surface area (Å²) in [6.07, 6.45) is 3.54. The molecule has 0 saturated heterocycles. The van der Waals surface area contributed by atoms with E-state index >= 15 is 0 Å². The topological polar surface area (TPSA) is 84.7 Å². The molecule has 1 amide bonds. The first-order valence-electron chi connectivity index (χ1n) is 9.50. The highest BCUT2D eigenvalue weighted by Crippen LogP contribution is 2.31. The first-order valence-corrected chi connectivity index (χ1v) is 9.50. The largest absolute Gasteiger partial charge is 0.416 e. The van der Waals surface area contributed by atoms with E-state index in [1.165, 1.54) is 30.6 Å². The van der Waals surface area contributed by atoms with Crippen molar-refractivity contribution in [3.05, 3.63) is 96.2 Å². The van der Waals surface area contributed by atoms with Crippen molar-refractivity contribution < 1.29 is 18.0 Å². The predicted molar refractivity (Wildman–Crippen MR) is 112 cm³/mol. The van der Waals surface area contributed by atoms with Gasteiger partial charge in [0, 0.05) is 30.5 Å². The van der Waals surface area contributed by atoms with Gasteiger partial charge >= 0.3 is 6.18 Å². The van der Waals surface area contributed by atoms with Gasteiger partial charge in [0.1, 0.15) is 5.82 Å². The lowest BCUT2D eigenvalue weighted by atomic mass is 10.2. The lowest BCUT2D eigenvalue weighted by Crippen LogP contribution is -2.14. The highest BCUT2D eigenvalue weighted by atomic mass is 19.4. The van der Waals surface area contributed by atoms with Crippen LogP contribution in [0.1, 0.15) is 21.5 Å². The number of pyridine rings is 2. The number of nitrogens with zero attached hydrogens (tertiary/aromatic N) is 4. The zero-order valence-corrected chi connectivity index (χ0v) is 16.5. The van der Waals surface area contributed by atoms with Gasteiger partial charge in [-0.2, -0.15) is 18.3 Å². The number of carbonyl (C=O) groups is 1. The molecule has 0 aliphatic rings. The summed E-state index contributed by atoms with van der Waals surface area (Å²) in [6, 6.07) is 11.5. The third-order valence-electron chi connectivity index (χ3n) is 4.46. The second-order valence-corrected chi connectivity index (χ2v) is 6.85. The molecular weight excluding hydrogens is 421 g/mol. The van der Waals surface area contributed by atoms with Crippen LogP contribution in [-0.4, -0.2) is 25.7 Å². The first kappa shape index (κ1) is 21.0. The Hall–Kier alpha value is -4.21. The van der Waals surface area contributed by atoms with E-state index in [1.807, 2.05) is 12.1 Å². The van der Waals surface area contributed by atoms with Crippen LogP contribution in [-0.2, 0) is 12.7 Å². The number of benzene rings is 1. The number of alkyl halides is 3. The minimum Gasteiger partial charge on any atom is -0.340 e. The van der Waals surface area contributed by atoms with Gasteiger partial charge in [0.2, 0.25) is 0 Å². The second-order valence-electron chi connectivity index (χ2n) is 6.85. The molecule has 0 atom stereocenters. The van der Waals surface area contributed by atoms with Crippen LogP contribution in [0, 0.1) is 0 Å². The van der Waals surface area contributed by atoms with Crippen molar-refractivity contribution in [1.29, 1.82) is 0 Å². The van der Waals surface area contributed by atoms with Gasteiger partial charge in [-0.3, -0.25) is 14.5 Å². The van der Waals surface area contributed by atoms with E-state index in [0.717, 1.165) is 17.7 Å². The maximum atomic E-state index is 13.0. The molecule has 10 heteroatoms. The summed E-state index contributed by atoms with van der Waals surface area (Å²) in [5.41, 5.74) is 0.952. The number of aromatic nitrogens is 4. The molecule has 0 bridgehead atoms. The fraction of sp³-hybridized carbons (Fsp3) is 0.0909. The fourth-order valence-electron chi connectivity index (χ4n) is 2.99. The summed E-state index contributed by atoms with van der Waals surface area (Å²) in [4.78, 5) is 21.0. The molecule has 0 radical (unpaired) electrons. The van der Waals surface area contributed by atoms with Crippen molar-refractivity contribution in [2.75, 3.05) is 10.6 Å². The summed E-state index contributed by atoms with van der Waals surface area (Å²) in [7, 11) is 0. The summed E-state index contributed by atoms with van der Waals surface area (Å²) < 4.78 is 40.6. The normalized spacial score (nSPS) is 11.2. The van der Waals surface area contributed by atoms with Gasteiger partial charge in [-0.25, -0.2) is 4.98 Å². The third-order valence-corrected chi connectivity index (χ3v) is 4.46. The lowest BCUT2D eigenvalue weighted by molar-refractivity contribution is -0.137.